The van der Waals surface area contributed by atoms with Gasteiger partial charge < -0.3 is 26.7 Å². The molecule has 7 N–H and O–H groups in total. The summed E-state index contributed by atoms with van der Waals surface area (Å²) in [5.41, 5.74) is 11.3. The Labute approximate surface area is 164 Å². The van der Waals surface area contributed by atoms with Crippen molar-refractivity contribution in [1.82, 2.24) is 9.97 Å². The van der Waals surface area contributed by atoms with Crippen molar-refractivity contribution in [2.24, 2.45) is 17.4 Å². The topological polar surface area (TPSA) is 173 Å². The van der Waals surface area contributed by atoms with Crippen molar-refractivity contribution in [3.8, 4) is 0 Å². The lowest BCUT2D eigenvalue weighted by molar-refractivity contribution is -0.119. The van der Waals surface area contributed by atoms with Gasteiger partial charge >= 0.3 is 0 Å². The second-order valence-corrected chi connectivity index (χ2v) is 7.42. The third kappa shape index (κ3) is 5.72. The van der Waals surface area contributed by atoms with E-state index in [0.29, 0.717) is 12.1 Å². The van der Waals surface area contributed by atoms with E-state index < -0.39 is 28.9 Å². The van der Waals surface area contributed by atoms with Crippen LogP contribution in [0.4, 0.5) is 17.5 Å². The molecule has 0 spiro atoms. The third-order valence-corrected chi connectivity index (χ3v) is 4.40. The first kappa shape index (κ1) is 21.3. The van der Waals surface area contributed by atoms with Gasteiger partial charge in [-0.25, -0.2) is 9.19 Å². The lowest BCUT2D eigenvalue weighted by atomic mass is 10.0. The number of nitrogens with zero attached hydrogens (tertiary/aromatic N) is 2. The molecule has 0 bridgehead atoms. The van der Waals surface area contributed by atoms with Gasteiger partial charge in [0.25, 0.3) is 5.91 Å². The second-order valence-electron chi connectivity index (χ2n) is 6.45. The molecule has 0 aliphatic heterocycles. The van der Waals surface area contributed by atoms with Crippen LogP contribution in [0, 0.1) is 5.92 Å². The van der Waals surface area contributed by atoms with Crippen molar-refractivity contribution in [2.75, 3.05) is 10.6 Å². The number of aromatic nitrogens is 2. The molecule has 2 aromatic rings. The highest BCUT2D eigenvalue weighted by molar-refractivity contribution is 7.79. The molecular formula is C17H22N6O4S. The van der Waals surface area contributed by atoms with E-state index in [1.165, 1.54) is 18.3 Å². The van der Waals surface area contributed by atoms with E-state index in [0.717, 1.165) is 0 Å². The number of primary amides is 2. The molecule has 0 aliphatic carbocycles. The summed E-state index contributed by atoms with van der Waals surface area (Å²) in [5.74, 6) is -0.849. The summed E-state index contributed by atoms with van der Waals surface area (Å²) in [5, 5.41) is 5.78. The van der Waals surface area contributed by atoms with E-state index in [4.69, 9.17) is 16.0 Å². The quantitative estimate of drug-likeness (QED) is 0.386. The first-order valence-electron chi connectivity index (χ1n) is 8.38. The average Bonchev–Trinajstić information content (AvgIpc) is 2.61. The van der Waals surface area contributed by atoms with Gasteiger partial charge in [0, 0.05) is 11.9 Å². The van der Waals surface area contributed by atoms with E-state index in [-0.39, 0.29) is 28.1 Å². The average molecular weight is 406 g/mol. The molecule has 0 radical (unpaired) electrons. The van der Waals surface area contributed by atoms with Crippen LogP contribution in [0.15, 0.2) is 35.4 Å². The molecule has 2 amide bonds. The van der Waals surface area contributed by atoms with Gasteiger partial charge in [-0.3, -0.25) is 9.59 Å². The highest BCUT2D eigenvalue weighted by atomic mass is 32.2. The minimum Gasteiger partial charge on any atom is -0.368 e. The maximum absolute atomic E-state index is 11.7. The molecular weight excluding hydrogens is 384 g/mol. The predicted octanol–water partition coefficient (Wildman–Crippen LogP) is 1.21. The second kappa shape index (κ2) is 9.24. The number of anilines is 3. The standard InChI is InChI=1S/C17H22N6O4S/c1-9(2)7-13(15(19)25)22-17-20-8-12(14(18)24)16(23-17)21-10-3-5-11(6-4-10)28(26)27/h3-6,8-9,13H,7H2,1-2H3,(H2,18,24)(H2,19,25)(H,26,27)(H2,20,21,22,23). The zero-order valence-corrected chi connectivity index (χ0v) is 16.2. The van der Waals surface area contributed by atoms with Crippen molar-refractivity contribution in [1.29, 1.82) is 0 Å². The van der Waals surface area contributed by atoms with Crippen LogP contribution in [0.25, 0.3) is 0 Å². The lowest BCUT2D eigenvalue weighted by Gasteiger charge is -2.18. The minimum absolute atomic E-state index is 0.0415. The van der Waals surface area contributed by atoms with Gasteiger partial charge in [0.15, 0.2) is 11.1 Å². The van der Waals surface area contributed by atoms with Gasteiger partial charge in [0.05, 0.1) is 4.90 Å². The predicted molar refractivity (Wildman–Crippen MR) is 105 cm³/mol. The van der Waals surface area contributed by atoms with E-state index >= 15 is 0 Å². The summed E-state index contributed by atoms with van der Waals surface area (Å²) >= 11 is -2.10. The van der Waals surface area contributed by atoms with Crippen molar-refractivity contribution in [3.05, 3.63) is 36.0 Å². The Kier molecular flexibility index (Phi) is 7.01. The van der Waals surface area contributed by atoms with Crippen LogP contribution >= 0.6 is 0 Å². The summed E-state index contributed by atoms with van der Waals surface area (Å²) in [4.78, 5) is 31.8. The highest BCUT2D eigenvalue weighted by Gasteiger charge is 2.19. The van der Waals surface area contributed by atoms with Gasteiger partial charge in [-0.2, -0.15) is 4.98 Å². The number of nitrogens with one attached hydrogen (secondary N) is 2. The Hall–Kier alpha value is -3.05. The van der Waals surface area contributed by atoms with Crippen LogP contribution in [-0.2, 0) is 15.9 Å². The van der Waals surface area contributed by atoms with E-state index in [1.807, 2.05) is 13.8 Å². The van der Waals surface area contributed by atoms with Crippen molar-refractivity contribution in [3.63, 3.8) is 0 Å². The number of benzene rings is 1. The normalized spacial score (nSPS) is 13.0. The molecule has 1 aromatic carbocycles. The van der Waals surface area contributed by atoms with Gasteiger partial charge in [-0.1, -0.05) is 13.8 Å². The van der Waals surface area contributed by atoms with E-state index in [1.54, 1.807) is 12.1 Å². The summed E-state index contributed by atoms with van der Waals surface area (Å²) in [6.45, 7) is 3.90. The molecule has 28 heavy (non-hydrogen) atoms. The Morgan fingerprint density at radius 3 is 2.36 bits per heavy atom. The third-order valence-electron chi connectivity index (χ3n) is 3.73. The highest BCUT2D eigenvalue weighted by Crippen LogP contribution is 2.21. The zero-order valence-electron chi connectivity index (χ0n) is 15.4. The molecule has 0 fully saturated rings. The van der Waals surface area contributed by atoms with Crippen LogP contribution < -0.4 is 22.1 Å². The first-order chi connectivity index (χ1) is 13.2. The number of carbonyl (C=O) groups excluding carboxylic acids is 2. The van der Waals surface area contributed by atoms with Crippen LogP contribution in [-0.4, -0.2) is 36.6 Å². The van der Waals surface area contributed by atoms with Crippen molar-refractivity contribution < 1.29 is 18.4 Å². The van der Waals surface area contributed by atoms with Gasteiger partial charge in [-0.05, 0) is 36.6 Å². The Balaban J connectivity index is 2.30. The Morgan fingerprint density at radius 1 is 1.21 bits per heavy atom. The van der Waals surface area contributed by atoms with Gasteiger partial charge in [-0.15, -0.1) is 0 Å². The molecule has 0 aliphatic rings. The Morgan fingerprint density at radius 2 is 1.86 bits per heavy atom. The van der Waals surface area contributed by atoms with Crippen LogP contribution in [0.3, 0.4) is 0 Å². The molecule has 10 nitrogen and oxygen atoms in total. The maximum Gasteiger partial charge on any atom is 0.254 e. The fraction of sp³-hybridized carbons (Fsp3) is 0.294. The number of rotatable bonds is 9. The molecule has 1 heterocycles. The fourth-order valence-corrected chi connectivity index (χ4v) is 2.76. The molecule has 150 valence electrons. The molecule has 2 unspecified atom stereocenters. The van der Waals surface area contributed by atoms with Crippen molar-refractivity contribution in [2.45, 2.75) is 31.2 Å². The summed E-state index contributed by atoms with van der Waals surface area (Å²) < 4.78 is 20.1. The monoisotopic (exact) mass is 406 g/mol. The molecule has 2 rings (SSSR count). The lowest BCUT2D eigenvalue weighted by Crippen LogP contribution is -2.37. The number of hydrogen-bond donors (Lipinski definition) is 5. The Bertz CT molecular complexity index is 888. The smallest absolute Gasteiger partial charge is 0.254 e. The number of hydrogen-bond acceptors (Lipinski definition) is 7. The fourth-order valence-electron chi connectivity index (χ4n) is 2.39. The molecule has 2 atom stereocenters. The van der Waals surface area contributed by atoms with Gasteiger partial charge in [0.1, 0.15) is 17.4 Å². The summed E-state index contributed by atoms with van der Waals surface area (Å²) in [7, 11) is 0. The number of carbonyl (C=O) groups is 2. The molecule has 0 saturated heterocycles. The van der Waals surface area contributed by atoms with Crippen LogP contribution in [0.5, 0.6) is 0 Å². The molecule has 1 aromatic heterocycles. The minimum atomic E-state index is -2.10. The van der Waals surface area contributed by atoms with E-state index in [9.17, 15) is 13.8 Å². The largest absolute Gasteiger partial charge is 0.368 e. The number of amides is 2. The molecule has 11 heteroatoms. The van der Waals surface area contributed by atoms with Crippen LogP contribution in [0.1, 0.15) is 30.6 Å². The first-order valence-corrected chi connectivity index (χ1v) is 9.48. The maximum atomic E-state index is 11.7. The molecule has 0 saturated carbocycles. The van der Waals surface area contributed by atoms with Gasteiger partial charge in [0.2, 0.25) is 11.9 Å². The zero-order chi connectivity index (χ0) is 20.8. The van der Waals surface area contributed by atoms with Crippen molar-refractivity contribution >= 4 is 40.3 Å². The SMILES string of the molecule is CC(C)CC(Nc1ncc(C(N)=O)c(Nc2ccc(S(=O)O)cc2)n1)C(N)=O. The van der Waals surface area contributed by atoms with E-state index in [2.05, 4.69) is 20.6 Å². The summed E-state index contributed by atoms with van der Waals surface area (Å²) in [6, 6.07) is 5.33. The van der Waals surface area contributed by atoms with Crippen LogP contribution in [0.2, 0.25) is 0 Å². The number of nitrogens with two attached hydrogens (primary N) is 2. The summed E-state index contributed by atoms with van der Waals surface area (Å²) in [6.07, 6.45) is 1.73.